The fourth-order valence-corrected chi connectivity index (χ4v) is 2.37. The van der Waals surface area contributed by atoms with Crippen molar-refractivity contribution in [3.63, 3.8) is 0 Å². The summed E-state index contributed by atoms with van der Waals surface area (Å²) in [6, 6.07) is 12.7. The molecule has 0 bridgehead atoms. The van der Waals surface area contributed by atoms with Crippen LogP contribution in [0.25, 0.3) is 16.7 Å². The average Bonchev–Trinajstić information content (AvgIpc) is 2.63. The van der Waals surface area contributed by atoms with Gasteiger partial charge in [-0.2, -0.15) is 0 Å². The Bertz CT molecular complexity index is 684. The zero-order valence-corrected chi connectivity index (χ0v) is 9.42. The predicted molar refractivity (Wildman–Crippen MR) is 68.3 cm³/mol. The molecule has 0 fully saturated rings. The van der Waals surface area contributed by atoms with E-state index in [1.807, 2.05) is 30.3 Å². The Hall–Kier alpha value is -2.55. The van der Waals surface area contributed by atoms with Gasteiger partial charge in [-0.25, -0.2) is 4.79 Å². The van der Waals surface area contributed by atoms with E-state index >= 15 is 0 Å². The van der Waals surface area contributed by atoms with Gasteiger partial charge in [0.1, 0.15) is 5.75 Å². The highest BCUT2D eigenvalue weighted by Gasteiger charge is 2.23. The molecule has 88 valence electrons. The molecule has 3 heteroatoms. The Morgan fingerprint density at radius 2 is 1.61 bits per heavy atom. The Balaban J connectivity index is 2.35. The van der Waals surface area contributed by atoms with Crippen molar-refractivity contribution in [2.24, 2.45) is 0 Å². The molecule has 0 radical (unpaired) electrons. The van der Waals surface area contributed by atoms with Gasteiger partial charge in [0.2, 0.25) is 0 Å². The SMILES string of the molecule is O=C(O)/C=C1\c2ccccc2-c2ccc(O)cc21. The van der Waals surface area contributed by atoms with E-state index in [4.69, 9.17) is 5.11 Å². The highest BCUT2D eigenvalue weighted by molar-refractivity contribution is 6.06. The summed E-state index contributed by atoms with van der Waals surface area (Å²) in [6.07, 6.45) is 1.18. The third-order valence-electron chi connectivity index (χ3n) is 3.07. The topological polar surface area (TPSA) is 57.5 Å². The van der Waals surface area contributed by atoms with Gasteiger partial charge < -0.3 is 10.2 Å². The zero-order chi connectivity index (χ0) is 12.7. The van der Waals surface area contributed by atoms with Gasteiger partial charge in [0.25, 0.3) is 0 Å². The van der Waals surface area contributed by atoms with Gasteiger partial charge >= 0.3 is 5.97 Å². The van der Waals surface area contributed by atoms with Crippen molar-refractivity contribution in [2.45, 2.75) is 0 Å². The number of hydrogen-bond acceptors (Lipinski definition) is 2. The van der Waals surface area contributed by atoms with Crippen LogP contribution in [0.15, 0.2) is 48.5 Å². The Morgan fingerprint density at radius 3 is 2.33 bits per heavy atom. The first-order valence-electron chi connectivity index (χ1n) is 5.54. The molecule has 0 saturated carbocycles. The highest BCUT2D eigenvalue weighted by atomic mass is 16.4. The molecule has 0 saturated heterocycles. The quantitative estimate of drug-likeness (QED) is 0.641. The monoisotopic (exact) mass is 238 g/mol. The molecule has 3 nitrogen and oxygen atoms in total. The molecule has 0 atom stereocenters. The number of hydrogen-bond donors (Lipinski definition) is 2. The third-order valence-corrected chi connectivity index (χ3v) is 3.07. The molecule has 0 unspecified atom stereocenters. The number of benzene rings is 2. The van der Waals surface area contributed by atoms with Crippen molar-refractivity contribution in [3.8, 4) is 16.9 Å². The highest BCUT2D eigenvalue weighted by Crippen LogP contribution is 2.44. The standard InChI is InChI=1S/C15H10O3/c16-9-5-6-12-10-3-1-2-4-11(10)14(8-15(17)18)13(12)7-9/h1-8,16H,(H,17,18)/b14-8+. The Morgan fingerprint density at radius 1 is 0.944 bits per heavy atom. The van der Waals surface area contributed by atoms with Crippen LogP contribution in [0.1, 0.15) is 11.1 Å². The molecule has 2 N–H and O–H groups in total. The minimum Gasteiger partial charge on any atom is -0.508 e. The first kappa shape index (κ1) is 10.6. The molecular formula is C15H10O3. The fraction of sp³-hybridized carbons (Fsp3) is 0. The van der Waals surface area contributed by atoms with E-state index in [0.29, 0.717) is 5.57 Å². The summed E-state index contributed by atoms with van der Waals surface area (Å²) in [5, 5.41) is 18.5. The van der Waals surface area contributed by atoms with Crippen LogP contribution >= 0.6 is 0 Å². The summed E-state index contributed by atoms with van der Waals surface area (Å²) in [6.45, 7) is 0. The molecule has 0 aromatic heterocycles. The van der Waals surface area contributed by atoms with E-state index in [1.54, 1.807) is 12.1 Å². The van der Waals surface area contributed by atoms with Gasteiger partial charge in [-0.3, -0.25) is 0 Å². The van der Waals surface area contributed by atoms with Crippen LogP contribution in [-0.4, -0.2) is 16.2 Å². The molecule has 0 heterocycles. The van der Waals surface area contributed by atoms with Gasteiger partial charge in [-0.15, -0.1) is 0 Å². The summed E-state index contributed by atoms with van der Waals surface area (Å²) in [5.41, 5.74) is 4.25. The number of fused-ring (bicyclic) bond motifs is 3. The van der Waals surface area contributed by atoms with Gasteiger partial charge in [-0.1, -0.05) is 30.3 Å². The van der Waals surface area contributed by atoms with Crippen LogP contribution < -0.4 is 0 Å². The van der Waals surface area contributed by atoms with Gasteiger partial charge in [-0.05, 0) is 40.0 Å². The lowest BCUT2D eigenvalue weighted by atomic mass is 10.0. The van der Waals surface area contributed by atoms with Crippen LogP contribution in [0.3, 0.4) is 0 Å². The van der Waals surface area contributed by atoms with Crippen LogP contribution in [0.4, 0.5) is 0 Å². The van der Waals surface area contributed by atoms with E-state index in [9.17, 15) is 9.90 Å². The number of aliphatic carboxylic acids is 1. The molecule has 2 aromatic carbocycles. The number of rotatable bonds is 1. The summed E-state index contributed by atoms with van der Waals surface area (Å²) in [5.74, 6) is -0.853. The molecule has 2 aromatic rings. The van der Waals surface area contributed by atoms with E-state index < -0.39 is 5.97 Å². The van der Waals surface area contributed by atoms with Crippen molar-refractivity contribution in [3.05, 3.63) is 59.7 Å². The Kier molecular flexibility index (Phi) is 2.20. The molecule has 1 aliphatic rings. The van der Waals surface area contributed by atoms with Crippen LogP contribution in [0.2, 0.25) is 0 Å². The Labute approximate surface area is 104 Å². The van der Waals surface area contributed by atoms with Crippen LogP contribution in [-0.2, 0) is 4.79 Å². The summed E-state index contributed by atoms with van der Waals surface area (Å²) < 4.78 is 0. The third kappa shape index (κ3) is 1.49. The molecule has 0 amide bonds. The second-order valence-corrected chi connectivity index (χ2v) is 4.17. The van der Waals surface area contributed by atoms with Crippen LogP contribution in [0.5, 0.6) is 5.75 Å². The first-order chi connectivity index (χ1) is 8.66. The number of carboxylic acid groups (broad SMARTS) is 1. The molecule has 1 aliphatic carbocycles. The molecule has 3 rings (SSSR count). The summed E-state index contributed by atoms with van der Waals surface area (Å²) >= 11 is 0. The fourth-order valence-electron chi connectivity index (χ4n) is 2.37. The lowest BCUT2D eigenvalue weighted by Gasteiger charge is -2.01. The first-order valence-corrected chi connectivity index (χ1v) is 5.54. The van der Waals surface area contributed by atoms with Gasteiger partial charge in [0.05, 0.1) is 0 Å². The maximum Gasteiger partial charge on any atom is 0.328 e. The summed E-state index contributed by atoms with van der Waals surface area (Å²) in [4.78, 5) is 10.9. The van der Waals surface area contributed by atoms with E-state index in [0.717, 1.165) is 22.3 Å². The van der Waals surface area contributed by atoms with Gasteiger partial charge in [0.15, 0.2) is 0 Å². The van der Waals surface area contributed by atoms with Crippen molar-refractivity contribution in [1.29, 1.82) is 0 Å². The van der Waals surface area contributed by atoms with Crippen molar-refractivity contribution >= 4 is 11.5 Å². The van der Waals surface area contributed by atoms with Gasteiger partial charge in [0, 0.05) is 6.08 Å². The maximum atomic E-state index is 10.9. The van der Waals surface area contributed by atoms with E-state index in [2.05, 4.69) is 0 Å². The van der Waals surface area contributed by atoms with Crippen molar-refractivity contribution < 1.29 is 15.0 Å². The van der Waals surface area contributed by atoms with Crippen molar-refractivity contribution in [1.82, 2.24) is 0 Å². The number of aromatic hydroxyl groups is 1. The average molecular weight is 238 g/mol. The minimum atomic E-state index is -0.990. The predicted octanol–water partition coefficient (Wildman–Crippen LogP) is 2.89. The largest absolute Gasteiger partial charge is 0.508 e. The number of phenolic OH excluding ortho intramolecular Hbond substituents is 1. The minimum absolute atomic E-state index is 0.137. The second kappa shape index (κ2) is 3.74. The number of phenols is 1. The van der Waals surface area contributed by atoms with Crippen LogP contribution in [0, 0.1) is 0 Å². The second-order valence-electron chi connectivity index (χ2n) is 4.17. The molecule has 18 heavy (non-hydrogen) atoms. The molecular weight excluding hydrogens is 228 g/mol. The molecule has 0 aliphatic heterocycles. The lowest BCUT2D eigenvalue weighted by molar-refractivity contribution is -0.131. The molecule has 0 spiro atoms. The smallest absolute Gasteiger partial charge is 0.328 e. The number of carbonyl (C=O) groups is 1. The van der Waals surface area contributed by atoms with E-state index in [1.165, 1.54) is 6.08 Å². The zero-order valence-electron chi connectivity index (χ0n) is 9.42. The normalized spacial score (nSPS) is 14.3. The number of carboxylic acids is 1. The lowest BCUT2D eigenvalue weighted by Crippen LogP contribution is -1.91. The summed E-state index contributed by atoms with van der Waals surface area (Å²) in [7, 11) is 0. The van der Waals surface area contributed by atoms with E-state index in [-0.39, 0.29) is 5.75 Å². The van der Waals surface area contributed by atoms with Crippen molar-refractivity contribution in [2.75, 3.05) is 0 Å². The maximum absolute atomic E-state index is 10.9.